The molecule has 3 unspecified atom stereocenters. The van der Waals surface area contributed by atoms with Crippen LogP contribution in [0.3, 0.4) is 0 Å². The fourth-order valence-corrected chi connectivity index (χ4v) is 5.69. The van der Waals surface area contributed by atoms with Gasteiger partial charge >= 0.3 is 0 Å². The fourth-order valence-electron chi connectivity index (χ4n) is 4.93. The van der Waals surface area contributed by atoms with Crippen molar-refractivity contribution in [2.24, 2.45) is 11.8 Å². The van der Waals surface area contributed by atoms with Crippen LogP contribution in [0.5, 0.6) is 0 Å². The van der Waals surface area contributed by atoms with Gasteiger partial charge < -0.3 is 10.2 Å². The molecule has 2 heterocycles. The number of hydrogen-bond donors (Lipinski definition) is 1. The monoisotopic (exact) mass is 362 g/mol. The molecule has 1 aromatic heterocycles. The van der Waals surface area contributed by atoms with Crippen LogP contribution >= 0.6 is 11.5 Å². The zero-order valence-electron chi connectivity index (χ0n) is 15.2. The van der Waals surface area contributed by atoms with Crippen molar-refractivity contribution < 1.29 is 4.79 Å². The van der Waals surface area contributed by atoms with Crippen LogP contribution < -0.4 is 10.2 Å². The number of hydrogen-bond acceptors (Lipinski definition) is 5. The van der Waals surface area contributed by atoms with E-state index in [0.29, 0.717) is 24.3 Å². The number of fused-ring (bicyclic) bond motifs is 1. The molecule has 1 N–H and O–H groups in total. The average Bonchev–Trinajstić information content (AvgIpc) is 3.29. The van der Waals surface area contributed by atoms with Crippen LogP contribution in [-0.4, -0.2) is 34.4 Å². The number of rotatable bonds is 4. The first kappa shape index (κ1) is 17.3. The molecule has 1 aliphatic heterocycles. The van der Waals surface area contributed by atoms with Gasteiger partial charge in [0.1, 0.15) is 5.82 Å². The van der Waals surface area contributed by atoms with Gasteiger partial charge in [-0.25, -0.2) is 4.98 Å². The number of nitrogens with one attached hydrogen (secondary N) is 1. The highest BCUT2D eigenvalue weighted by Gasteiger charge is 2.39. The zero-order chi connectivity index (χ0) is 17.2. The second kappa shape index (κ2) is 7.60. The van der Waals surface area contributed by atoms with Crippen molar-refractivity contribution in [2.45, 2.75) is 76.7 Å². The maximum Gasteiger partial charge on any atom is 0.219 e. The molecule has 1 saturated heterocycles. The van der Waals surface area contributed by atoms with Crippen molar-refractivity contribution in [3.05, 3.63) is 5.82 Å². The number of aromatic nitrogens is 2. The molecule has 25 heavy (non-hydrogen) atoms. The molecular weight excluding hydrogens is 332 g/mol. The molecule has 0 bridgehead atoms. The van der Waals surface area contributed by atoms with Gasteiger partial charge in [0.2, 0.25) is 11.0 Å². The third kappa shape index (κ3) is 3.83. The van der Waals surface area contributed by atoms with Gasteiger partial charge in [0, 0.05) is 43.0 Å². The third-order valence-electron chi connectivity index (χ3n) is 6.41. The Morgan fingerprint density at radius 2 is 1.96 bits per heavy atom. The Kier molecular flexibility index (Phi) is 5.25. The smallest absolute Gasteiger partial charge is 0.219 e. The lowest BCUT2D eigenvalue weighted by atomic mass is 9.79. The Labute approximate surface area is 154 Å². The minimum Gasteiger partial charge on any atom is -0.353 e. The summed E-state index contributed by atoms with van der Waals surface area (Å²) in [4.78, 5) is 19.1. The van der Waals surface area contributed by atoms with E-state index in [2.05, 4.69) is 10.2 Å². The maximum absolute atomic E-state index is 11.7. The van der Waals surface area contributed by atoms with E-state index < -0.39 is 0 Å². The predicted molar refractivity (Wildman–Crippen MR) is 101 cm³/mol. The Morgan fingerprint density at radius 3 is 2.76 bits per heavy atom. The van der Waals surface area contributed by atoms with Crippen molar-refractivity contribution >= 4 is 22.6 Å². The van der Waals surface area contributed by atoms with E-state index in [1.165, 1.54) is 38.5 Å². The van der Waals surface area contributed by atoms with Gasteiger partial charge in [0.15, 0.2) is 0 Å². The number of carbonyl (C=O) groups is 1. The Bertz CT molecular complexity index is 598. The van der Waals surface area contributed by atoms with Gasteiger partial charge in [-0.1, -0.05) is 26.2 Å². The van der Waals surface area contributed by atoms with Crippen molar-refractivity contribution in [1.29, 1.82) is 0 Å². The van der Waals surface area contributed by atoms with Gasteiger partial charge in [0.05, 0.1) is 0 Å². The van der Waals surface area contributed by atoms with E-state index in [4.69, 9.17) is 9.36 Å². The summed E-state index contributed by atoms with van der Waals surface area (Å²) in [6.45, 7) is 4.14. The van der Waals surface area contributed by atoms with Crippen LogP contribution in [0.15, 0.2) is 0 Å². The van der Waals surface area contributed by atoms with Gasteiger partial charge in [-0.3, -0.25) is 4.79 Å². The van der Waals surface area contributed by atoms with E-state index in [1.54, 1.807) is 11.5 Å². The fraction of sp³-hybridized carbons (Fsp3) is 0.842. The molecule has 6 heteroatoms. The second-order valence-electron chi connectivity index (χ2n) is 8.13. The molecule has 3 fully saturated rings. The summed E-state index contributed by atoms with van der Waals surface area (Å²) in [7, 11) is 0. The molecule has 138 valence electrons. The van der Waals surface area contributed by atoms with Crippen molar-refractivity contribution in [3.63, 3.8) is 0 Å². The minimum absolute atomic E-state index is 0.194. The summed E-state index contributed by atoms with van der Waals surface area (Å²) in [6.07, 6.45) is 10.6. The van der Waals surface area contributed by atoms with Crippen LogP contribution in [0.25, 0.3) is 0 Å². The van der Waals surface area contributed by atoms with Crippen LogP contribution in [0.4, 0.5) is 5.13 Å². The van der Waals surface area contributed by atoms with Crippen molar-refractivity contribution in [3.8, 4) is 0 Å². The molecule has 0 spiro atoms. The topological polar surface area (TPSA) is 58.1 Å². The van der Waals surface area contributed by atoms with E-state index >= 15 is 0 Å². The van der Waals surface area contributed by atoms with Crippen molar-refractivity contribution in [1.82, 2.24) is 14.7 Å². The molecule has 1 amide bonds. The Hall–Kier alpha value is -1.17. The Morgan fingerprint density at radius 1 is 1.16 bits per heavy atom. The van der Waals surface area contributed by atoms with E-state index in [1.807, 2.05) is 6.92 Å². The van der Waals surface area contributed by atoms with Gasteiger partial charge in [-0.2, -0.15) is 4.37 Å². The summed E-state index contributed by atoms with van der Waals surface area (Å²) in [5, 5.41) is 4.33. The quantitative estimate of drug-likeness (QED) is 0.887. The largest absolute Gasteiger partial charge is 0.353 e. The predicted octanol–water partition coefficient (Wildman–Crippen LogP) is 3.72. The lowest BCUT2D eigenvalue weighted by Gasteiger charge is -2.31. The standard InChI is InChI=1S/C19H30N4OS/c1-2-17(24)20-16-9-8-14-11-23(12-15(14)10-16)19-21-18(22-25-19)13-6-4-3-5-7-13/h13-16H,2-12H2,1H3,(H,20,24). The molecule has 3 aliphatic rings. The second-order valence-corrected chi connectivity index (χ2v) is 8.86. The van der Waals surface area contributed by atoms with E-state index in [-0.39, 0.29) is 5.91 Å². The van der Waals surface area contributed by atoms with E-state index in [9.17, 15) is 4.79 Å². The van der Waals surface area contributed by atoms with Gasteiger partial charge in [-0.15, -0.1) is 0 Å². The molecule has 4 rings (SSSR count). The molecule has 5 nitrogen and oxygen atoms in total. The highest BCUT2D eigenvalue weighted by Crippen LogP contribution is 2.40. The van der Waals surface area contributed by atoms with Crippen LogP contribution in [-0.2, 0) is 4.79 Å². The first-order chi connectivity index (χ1) is 12.2. The molecule has 1 aromatic rings. The summed E-state index contributed by atoms with van der Waals surface area (Å²) in [5.41, 5.74) is 0. The number of carbonyl (C=O) groups excluding carboxylic acids is 1. The van der Waals surface area contributed by atoms with Crippen LogP contribution in [0, 0.1) is 11.8 Å². The van der Waals surface area contributed by atoms with Gasteiger partial charge in [-0.05, 0) is 43.9 Å². The number of anilines is 1. The zero-order valence-corrected chi connectivity index (χ0v) is 16.1. The summed E-state index contributed by atoms with van der Waals surface area (Å²) < 4.78 is 4.70. The van der Waals surface area contributed by atoms with Crippen molar-refractivity contribution in [2.75, 3.05) is 18.0 Å². The number of nitrogens with zero attached hydrogens (tertiary/aromatic N) is 3. The highest BCUT2D eigenvalue weighted by molar-refractivity contribution is 7.09. The molecule has 2 aliphatic carbocycles. The lowest BCUT2D eigenvalue weighted by molar-refractivity contribution is -0.121. The number of amides is 1. The summed E-state index contributed by atoms with van der Waals surface area (Å²) in [6, 6.07) is 0.376. The summed E-state index contributed by atoms with van der Waals surface area (Å²) in [5.74, 6) is 3.34. The molecule has 0 aromatic carbocycles. The van der Waals surface area contributed by atoms with Crippen LogP contribution in [0.1, 0.15) is 76.5 Å². The van der Waals surface area contributed by atoms with Crippen LogP contribution in [0.2, 0.25) is 0 Å². The first-order valence-electron chi connectivity index (χ1n) is 10.1. The highest BCUT2D eigenvalue weighted by atomic mass is 32.1. The maximum atomic E-state index is 11.7. The third-order valence-corrected chi connectivity index (χ3v) is 7.20. The molecule has 2 saturated carbocycles. The van der Waals surface area contributed by atoms with Gasteiger partial charge in [0.25, 0.3) is 0 Å². The minimum atomic E-state index is 0.194. The van der Waals surface area contributed by atoms with E-state index in [0.717, 1.165) is 42.8 Å². The average molecular weight is 363 g/mol. The SMILES string of the molecule is CCC(=O)NC1CCC2CN(c3nc(C4CCCCC4)ns3)CC2C1. The summed E-state index contributed by atoms with van der Waals surface area (Å²) >= 11 is 1.60. The first-order valence-corrected chi connectivity index (χ1v) is 10.9. The molecular formula is C19H30N4OS. The lowest BCUT2D eigenvalue weighted by Crippen LogP contribution is -2.40. The molecule has 0 radical (unpaired) electrons. The normalized spacial score (nSPS) is 30.3. The molecule has 3 atom stereocenters. The Balaban J connectivity index is 1.36.